The van der Waals surface area contributed by atoms with Crippen LogP contribution in [0.3, 0.4) is 0 Å². The lowest BCUT2D eigenvalue weighted by molar-refractivity contribution is -0.113. The molecule has 0 radical (unpaired) electrons. The number of aromatic nitrogens is 4. The molecule has 0 aliphatic rings. The van der Waals surface area contributed by atoms with Gasteiger partial charge in [0, 0.05) is 12.1 Å². The quantitative estimate of drug-likeness (QED) is 0.208. The fourth-order valence-corrected chi connectivity index (χ4v) is 4.86. The van der Waals surface area contributed by atoms with Gasteiger partial charge in [0.05, 0.1) is 39.4 Å². The minimum atomic E-state index is -0.459. The summed E-state index contributed by atoms with van der Waals surface area (Å²) < 4.78 is 23.1. The third-order valence-corrected chi connectivity index (χ3v) is 6.81. The van der Waals surface area contributed by atoms with Crippen LogP contribution in [0.5, 0.6) is 17.2 Å². The highest BCUT2D eigenvalue weighted by molar-refractivity contribution is 7.99. The predicted molar refractivity (Wildman–Crippen MR) is 137 cm³/mol. The Bertz CT molecular complexity index is 1230. The predicted octanol–water partition coefficient (Wildman–Crippen LogP) is 3.83. The number of carbonyl (C=O) groups is 2. The third kappa shape index (κ3) is 5.97. The molecule has 0 unspecified atom stereocenters. The number of amides is 1. The minimum Gasteiger partial charge on any atom is -0.493 e. The molecule has 1 aromatic carbocycles. The number of nitrogens with one attached hydrogen (secondary N) is 1. The normalized spacial score (nSPS) is 10.6. The van der Waals surface area contributed by atoms with Crippen molar-refractivity contribution in [3.05, 3.63) is 35.4 Å². The zero-order valence-corrected chi connectivity index (χ0v) is 22.2. The number of thiazole rings is 1. The van der Waals surface area contributed by atoms with Gasteiger partial charge in [0.1, 0.15) is 4.88 Å². The molecule has 13 heteroatoms. The number of benzene rings is 1. The molecule has 1 amide bonds. The molecule has 0 aliphatic carbocycles. The molecular formula is C23H27N5O6S2. The van der Waals surface area contributed by atoms with E-state index in [1.807, 2.05) is 4.57 Å². The molecule has 192 valence electrons. The molecule has 2 aromatic heterocycles. The maximum Gasteiger partial charge on any atom is 0.350 e. The molecule has 11 nitrogen and oxygen atoms in total. The van der Waals surface area contributed by atoms with Gasteiger partial charge in [-0.15, -0.1) is 16.8 Å². The molecule has 1 N–H and O–H groups in total. The number of aryl methyl sites for hydroxylation is 1. The van der Waals surface area contributed by atoms with Gasteiger partial charge in [-0.25, -0.2) is 9.78 Å². The second kappa shape index (κ2) is 12.4. The van der Waals surface area contributed by atoms with Crippen molar-refractivity contribution in [3.63, 3.8) is 0 Å². The van der Waals surface area contributed by atoms with Crippen molar-refractivity contribution in [2.75, 3.05) is 39.0 Å². The van der Waals surface area contributed by atoms with Crippen LogP contribution in [0.15, 0.2) is 29.9 Å². The summed E-state index contributed by atoms with van der Waals surface area (Å²) in [7, 11) is 4.61. The van der Waals surface area contributed by atoms with Crippen LogP contribution in [-0.2, 0) is 16.1 Å². The summed E-state index contributed by atoms with van der Waals surface area (Å²) in [5.74, 6) is 1.27. The number of hydrogen-bond donors (Lipinski definition) is 1. The number of ether oxygens (including phenoxy) is 4. The molecule has 0 saturated heterocycles. The Morgan fingerprint density at radius 3 is 2.44 bits per heavy atom. The van der Waals surface area contributed by atoms with E-state index in [4.69, 9.17) is 18.9 Å². The molecule has 0 atom stereocenters. The number of anilines is 1. The van der Waals surface area contributed by atoms with Crippen LogP contribution in [-0.4, -0.2) is 65.3 Å². The lowest BCUT2D eigenvalue weighted by Crippen LogP contribution is -2.14. The van der Waals surface area contributed by atoms with Crippen molar-refractivity contribution in [3.8, 4) is 28.6 Å². The van der Waals surface area contributed by atoms with E-state index in [1.165, 1.54) is 33.1 Å². The zero-order chi connectivity index (χ0) is 26.2. The summed E-state index contributed by atoms with van der Waals surface area (Å²) in [6.07, 6.45) is 1.71. The first-order valence-corrected chi connectivity index (χ1v) is 12.6. The van der Waals surface area contributed by atoms with Crippen LogP contribution in [0.2, 0.25) is 0 Å². The second-order valence-electron chi connectivity index (χ2n) is 7.11. The topological polar surface area (TPSA) is 127 Å². The van der Waals surface area contributed by atoms with Gasteiger partial charge >= 0.3 is 5.97 Å². The van der Waals surface area contributed by atoms with E-state index >= 15 is 0 Å². The van der Waals surface area contributed by atoms with Gasteiger partial charge in [0.2, 0.25) is 11.7 Å². The van der Waals surface area contributed by atoms with Crippen LogP contribution in [0, 0.1) is 6.92 Å². The average Bonchev–Trinajstić information content (AvgIpc) is 3.44. The van der Waals surface area contributed by atoms with Crippen molar-refractivity contribution in [2.24, 2.45) is 0 Å². The Balaban J connectivity index is 1.78. The first-order chi connectivity index (χ1) is 17.4. The Hall–Kier alpha value is -3.58. The number of carbonyl (C=O) groups excluding carboxylic acids is 2. The highest BCUT2D eigenvalue weighted by atomic mass is 32.2. The van der Waals surface area contributed by atoms with Gasteiger partial charge < -0.3 is 24.3 Å². The molecular weight excluding hydrogens is 506 g/mol. The SMILES string of the molecule is C=CCn1c(SCC(=O)Nc2nc(C)c(C(=O)OCC)s2)nnc1-c1cc(OC)c(OC)c(OC)c1. The minimum absolute atomic E-state index is 0.0535. The Labute approximate surface area is 216 Å². The van der Waals surface area contributed by atoms with Crippen molar-refractivity contribution in [1.82, 2.24) is 19.7 Å². The lowest BCUT2D eigenvalue weighted by Gasteiger charge is -2.14. The van der Waals surface area contributed by atoms with E-state index in [0.717, 1.165) is 11.3 Å². The van der Waals surface area contributed by atoms with Crippen LogP contribution in [0.4, 0.5) is 5.13 Å². The molecule has 0 aliphatic heterocycles. The second-order valence-corrected chi connectivity index (χ2v) is 9.05. The molecule has 0 bridgehead atoms. The number of thioether (sulfide) groups is 1. The van der Waals surface area contributed by atoms with Gasteiger partial charge in [0.15, 0.2) is 27.6 Å². The van der Waals surface area contributed by atoms with E-state index in [1.54, 1.807) is 32.1 Å². The standard InChI is InChI=1S/C23H27N5O6S2/c1-7-9-28-20(14-10-15(31-4)18(33-6)16(11-14)32-5)26-27-23(28)35-12-17(29)25-22-24-13(3)19(36-22)21(30)34-8-2/h7,10-11H,1,8-9,12H2,2-6H3,(H,24,25,29). The van der Waals surface area contributed by atoms with E-state index in [-0.39, 0.29) is 18.3 Å². The molecule has 0 spiro atoms. The number of rotatable bonds is 12. The van der Waals surface area contributed by atoms with Gasteiger partial charge in [-0.05, 0) is 26.0 Å². The Morgan fingerprint density at radius 1 is 1.17 bits per heavy atom. The fourth-order valence-electron chi connectivity index (χ4n) is 3.23. The molecule has 36 heavy (non-hydrogen) atoms. The van der Waals surface area contributed by atoms with Crippen LogP contribution in [0.25, 0.3) is 11.4 Å². The first kappa shape index (κ1) is 27.0. The number of methoxy groups -OCH3 is 3. The number of hydrogen-bond acceptors (Lipinski definition) is 11. The number of esters is 1. The molecule has 2 heterocycles. The van der Waals surface area contributed by atoms with Crippen molar-refractivity contribution >= 4 is 40.1 Å². The molecule has 0 saturated carbocycles. The number of nitrogens with zero attached hydrogens (tertiary/aromatic N) is 4. The average molecular weight is 534 g/mol. The lowest BCUT2D eigenvalue weighted by atomic mass is 10.1. The summed E-state index contributed by atoms with van der Waals surface area (Å²) in [5, 5.41) is 12.2. The van der Waals surface area contributed by atoms with Crippen molar-refractivity contribution in [1.29, 1.82) is 0 Å². The Kier molecular flexibility index (Phi) is 9.31. The van der Waals surface area contributed by atoms with E-state index in [9.17, 15) is 9.59 Å². The van der Waals surface area contributed by atoms with Crippen LogP contribution in [0.1, 0.15) is 22.3 Å². The monoisotopic (exact) mass is 533 g/mol. The van der Waals surface area contributed by atoms with Gasteiger partial charge in [-0.1, -0.05) is 29.2 Å². The number of allylic oxidation sites excluding steroid dienone is 1. The third-order valence-electron chi connectivity index (χ3n) is 4.79. The Morgan fingerprint density at radius 2 is 1.86 bits per heavy atom. The largest absolute Gasteiger partial charge is 0.493 e. The van der Waals surface area contributed by atoms with E-state index < -0.39 is 5.97 Å². The first-order valence-electron chi connectivity index (χ1n) is 10.8. The highest BCUT2D eigenvalue weighted by Crippen LogP contribution is 2.41. The summed E-state index contributed by atoms with van der Waals surface area (Å²) in [4.78, 5) is 29.2. The van der Waals surface area contributed by atoms with E-state index in [0.29, 0.717) is 56.0 Å². The molecule has 3 aromatic rings. The van der Waals surface area contributed by atoms with Crippen LogP contribution >= 0.6 is 23.1 Å². The van der Waals surface area contributed by atoms with Crippen LogP contribution < -0.4 is 19.5 Å². The van der Waals surface area contributed by atoms with Gasteiger partial charge in [-0.2, -0.15) is 0 Å². The van der Waals surface area contributed by atoms with Crippen molar-refractivity contribution < 1.29 is 28.5 Å². The van der Waals surface area contributed by atoms with Crippen molar-refractivity contribution in [2.45, 2.75) is 25.5 Å². The molecule has 0 fully saturated rings. The molecule has 3 rings (SSSR count). The zero-order valence-electron chi connectivity index (χ0n) is 20.6. The summed E-state index contributed by atoms with van der Waals surface area (Å²) >= 11 is 2.28. The highest BCUT2D eigenvalue weighted by Gasteiger charge is 2.21. The fraction of sp³-hybridized carbons (Fsp3) is 0.348. The van der Waals surface area contributed by atoms with Gasteiger partial charge in [0.25, 0.3) is 0 Å². The maximum atomic E-state index is 12.6. The van der Waals surface area contributed by atoms with E-state index in [2.05, 4.69) is 27.1 Å². The van der Waals surface area contributed by atoms with Gasteiger partial charge in [-0.3, -0.25) is 9.36 Å². The summed E-state index contributed by atoms with van der Waals surface area (Å²) in [6.45, 7) is 7.91. The smallest absolute Gasteiger partial charge is 0.350 e. The maximum absolute atomic E-state index is 12.6. The summed E-state index contributed by atoms with van der Waals surface area (Å²) in [6, 6.07) is 3.55. The summed E-state index contributed by atoms with van der Waals surface area (Å²) in [5.41, 5.74) is 1.20.